The van der Waals surface area contributed by atoms with Crippen molar-refractivity contribution in [1.29, 1.82) is 0 Å². The van der Waals surface area contributed by atoms with Crippen LogP contribution < -0.4 is 20.9 Å². The first-order valence-corrected chi connectivity index (χ1v) is 9.20. The van der Waals surface area contributed by atoms with E-state index >= 15 is 0 Å². The van der Waals surface area contributed by atoms with Crippen LogP contribution in [-0.2, 0) is 0 Å². The maximum absolute atomic E-state index is 12.6. The summed E-state index contributed by atoms with van der Waals surface area (Å²) in [7, 11) is 0. The van der Waals surface area contributed by atoms with Gasteiger partial charge in [0.25, 0.3) is 5.91 Å². The van der Waals surface area contributed by atoms with Gasteiger partial charge < -0.3 is 20.9 Å². The summed E-state index contributed by atoms with van der Waals surface area (Å²) in [5.41, 5.74) is 1.23. The van der Waals surface area contributed by atoms with Gasteiger partial charge in [0.15, 0.2) is 5.69 Å². The molecule has 0 aliphatic heterocycles. The summed E-state index contributed by atoms with van der Waals surface area (Å²) < 4.78 is 0. The van der Waals surface area contributed by atoms with Gasteiger partial charge in [-0.05, 0) is 38.1 Å². The standard InChI is InChI=1S/C19H23ClN6O2/c1-4-11-21-19(28)24-14-9-7-13(8-10-14)23-17(27)16-15(20)12-22-18(25-16)26(5-2)6-3/h4,7-10,12H,1,5-6,11H2,2-3H3,(H,23,27)(H2,21,24,28). The number of halogens is 1. The van der Waals surface area contributed by atoms with E-state index in [1.807, 2.05) is 18.7 Å². The first-order chi connectivity index (χ1) is 13.5. The number of rotatable bonds is 8. The number of hydrogen-bond donors (Lipinski definition) is 3. The van der Waals surface area contributed by atoms with E-state index in [4.69, 9.17) is 11.6 Å². The molecule has 0 saturated heterocycles. The number of hydrogen-bond acceptors (Lipinski definition) is 5. The van der Waals surface area contributed by atoms with Gasteiger partial charge >= 0.3 is 6.03 Å². The van der Waals surface area contributed by atoms with Crippen molar-refractivity contribution >= 4 is 40.9 Å². The van der Waals surface area contributed by atoms with Crippen LogP contribution in [0.3, 0.4) is 0 Å². The van der Waals surface area contributed by atoms with E-state index in [-0.39, 0.29) is 16.7 Å². The molecule has 0 aliphatic rings. The van der Waals surface area contributed by atoms with Crippen LogP contribution in [-0.4, -0.2) is 41.5 Å². The van der Waals surface area contributed by atoms with E-state index in [9.17, 15) is 9.59 Å². The lowest BCUT2D eigenvalue weighted by Gasteiger charge is -2.19. The SMILES string of the molecule is C=CCNC(=O)Nc1ccc(NC(=O)c2nc(N(CC)CC)ncc2Cl)cc1. The van der Waals surface area contributed by atoms with Crippen molar-refractivity contribution in [3.63, 3.8) is 0 Å². The zero-order chi connectivity index (χ0) is 20.5. The van der Waals surface area contributed by atoms with Gasteiger partial charge in [0, 0.05) is 31.0 Å². The summed E-state index contributed by atoms with van der Waals surface area (Å²) in [6, 6.07) is 6.34. The molecule has 0 saturated carbocycles. The van der Waals surface area contributed by atoms with Crippen LogP contribution in [0.4, 0.5) is 22.1 Å². The van der Waals surface area contributed by atoms with Crippen LogP contribution >= 0.6 is 11.6 Å². The largest absolute Gasteiger partial charge is 0.341 e. The fraction of sp³-hybridized carbons (Fsp3) is 0.263. The molecule has 0 atom stereocenters. The van der Waals surface area contributed by atoms with Crippen LogP contribution in [0.2, 0.25) is 5.02 Å². The van der Waals surface area contributed by atoms with Crippen molar-refractivity contribution in [2.45, 2.75) is 13.8 Å². The predicted octanol–water partition coefficient (Wildman–Crippen LogP) is 3.54. The van der Waals surface area contributed by atoms with E-state index in [1.54, 1.807) is 30.3 Å². The summed E-state index contributed by atoms with van der Waals surface area (Å²) >= 11 is 6.11. The number of benzene rings is 1. The minimum Gasteiger partial charge on any atom is -0.341 e. The highest BCUT2D eigenvalue weighted by Gasteiger charge is 2.16. The number of anilines is 3. The zero-order valence-corrected chi connectivity index (χ0v) is 16.6. The van der Waals surface area contributed by atoms with Gasteiger partial charge in [-0.25, -0.2) is 14.8 Å². The molecule has 28 heavy (non-hydrogen) atoms. The lowest BCUT2D eigenvalue weighted by atomic mass is 10.2. The smallest absolute Gasteiger partial charge is 0.319 e. The minimum absolute atomic E-state index is 0.101. The van der Waals surface area contributed by atoms with E-state index in [0.717, 1.165) is 0 Å². The van der Waals surface area contributed by atoms with E-state index in [2.05, 4.69) is 32.5 Å². The van der Waals surface area contributed by atoms with Gasteiger partial charge in [-0.1, -0.05) is 17.7 Å². The Morgan fingerprint density at radius 1 is 1.14 bits per heavy atom. The molecular weight excluding hydrogens is 380 g/mol. The number of carbonyl (C=O) groups excluding carboxylic acids is 2. The first kappa shape index (κ1) is 21.2. The van der Waals surface area contributed by atoms with E-state index in [1.165, 1.54) is 6.20 Å². The van der Waals surface area contributed by atoms with Crippen molar-refractivity contribution in [1.82, 2.24) is 15.3 Å². The average Bonchev–Trinajstić information content (AvgIpc) is 2.70. The second-order valence-corrected chi connectivity index (χ2v) is 6.10. The molecule has 0 spiro atoms. The average molecular weight is 403 g/mol. The Balaban J connectivity index is 2.07. The second-order valence-electron chi connectivity index (χ2n) is 5.69. The molecule has 3 amide bonds. The highest BCUT2D eigenvalue weighted by molar-refractivity contribution is 6.34. The molecular formula is C19H23ClN6O2. The molecule has 2 rings (SSSR count). The Kier molecular flexibility index (Phi) is 7.76. The fourth-order valence-corrected chi connectivity index (χ4v) is 2.52. The lowest BCUT2D eigenvalue weighted by Crippen LogP contribution is -2.28. The van der Waals surface area contributed by atoms with Crippen molar-refractivity contribution in [3.05, 3.63) is 53.8 Å². The van der Waals surface area contributed by atoms with Gasteiger partial charge in [-0.3, -0.25) is 4.79 Å². The number of amides is 3. The van der Waals surface area contributed by atoms with Gasteiger partial charge in [-0.15, -0.1) is 6.58 Å². The molecule has 0 radical (unpaired) electrons. The Morgan fingerprint density at radius 3 is 2.32 bits per heavy atom. The summed E-state index contributed by atoms with van der Waals surface area (Å²) in [5.74, 6) is 0.00914. The van der Waals surface area contributed by atoms with Gasteiger partial charge in [0.1, 0.15) is 0 Å². The molecule has 0 bridgehead atoms. The summed E-state index contributed by atoms with van der Waals surface area (Å²) in [5, 5.41) is 8.20. The molecule has 148 valence electrons. The molecule has 1 aromatic carbocycles. The highest BCUT2D eigenvalue weighted by Crippen LogP contribution is 2.19. The monoisotopic (exact) mass is 402 g/mol. The van der Waals surface area contributed by atoms with Crippen molar-refractivity contribution in [2.75, 3.05) is 35.2 Å². The van der Waals surface area contributed by atoms with Crippen LogP contribution in [0, 0.1) is 0 Å². The molecule has 9 heteroatoms. The van der Waals surface area contributed by atoms with Crippen LogP contribution in [0.15, 0.2) is 43.1 Å². The maximum Gasteiger partial charge on any atom is 0.319 e. The Hall–Kier alpha value is -3.13. The van der Waals surface area contributed by atoms with Crippen LogP contribution in [0.25, 0.3) is 0 Å². The third kappa shape index (κ3) is 5.68. The molecule has 1 heterocycles. The second kappa shape index (κ2) is 10.3. The topological polar surface area (TPSA) is 99.2 Å². The predicted molar refractivity (Wildman–Crippen MR) is 112 cm³/mol. The summed E-state index contributed by atoms with van der Waals surface area (Å²) in [6.07, 6.45) is 3.01. The van der Waals surface area contributed by atoms with Gasteiger partial charge in [-0.2, -0.15) is 0 Å². The van der Waals surface area contributed by atoms with Crippen molar-refractivity contribution < 1.29 is 9.59 Å². The number of carbonyl (C=O) groups is 2. The van der Waals surface area contributed by atoms with Crippen molar-refractivity contribution in [2.24, 2.45) is 0 Å². The van der Waals surface area contributed by atoms with Crippen LogP contribution in [0.1, 0.15) is 24.3 Å². The Bertz CT molecular complexity index is 837. The number of aromatic nitrogens is 2. The number of urea groups is 1. The van der Waals surface area contributed by atoms with Crippen LogP contribution in [0.5, 0.6) is 0 Å². The Morgan fingerprint density at radius 2 is 1.75 bits per heavy atom. The number of nitrogens with zero attached hydrogens (tertiary/aromatic N) is 3. The summed E-state index contributed by atoms with van der Waals surface area (Å²) in [6.45, 7) is 9.29. The quantitative estimate of drug-likeness (QED) is 0.586. The lowest BCUT2D eigenvalue weighted by molar-refractivity contribution is 0.102. The molecule has 2 aromatic rings. The highest BCUT2D eigenvalue weighted by atomic mass is 35.5. The Labute approximate surface area is 169 Å². The van der Waals surface area contributed by atoms with E-state index < -0.39 is 5.91 Å². The number of nitrogens with one attached hydrogen (secondary N) is 3. The zero-order valence-electron chi connectivity index (χ0n) is 15.8. The van der Waals surface area contributed by atoms with Gasteiger partial charge in [0.05, 0.1) is 11.2 Å². The molecule has 0 aliphatic carbocycles. The van der Waals surface area contributed by atoms with Gasteiger partial charge in [0.2, 0.25) is 5.95 Å². The fourth-order valence-electron chi connectivity index (χ4n) is 2.34. The molecule has 0 unspecified atom stereocenters. The third-order valence-corrected chi connectivity index (χ3v) is 4.08. The third-order valence-electron chi connectivity index (χ3n) is 3.80. The molecule has 8 nitrogen and oxygen atoms in total. The van der Waals surface area contributed by atoms with E-state index in [0.29, 0.717) is 37.0 Å². The first-order valence-electron chi connectivity index (χ1n) is 8.83. The molecule has 3 N–H and O–H groups in total. The molecule has 0 fully saturated rings. The maximum atomic E-state index is 12.6. The summed E-state index contributed by atoms with van der Waals surface area (Å²) in [4.78, 5) is 34.6. The minimum atomic E-state index is -0.440. The normalized spacial score (nSPS) is 10.1. The van der Waals surface area contributed by atoms with Crippen molar-refractivity contribution in [3.8, 4) is 0 Å². The molecule has 1 aromatic heterocycles.